The van der Waals surface area contributed by atoms with Crippen LogP contribution in [0.1, 0.15) is 23.8 Å². The molecule has 3 aromatic rings. The topological polar surface area (TPSA) is 77.0 Å². The lowest BCUT2D eigenvalue weighted by molar-refractivity contribution is -0.129. The second-order valence-corrected chi connectivity index (χ2v) is 9.12. The Kier molecular flexibility index (Phi) is 5.82. The number of nitrogens with two attached hydrogens (primary N) is 1. The highest BCUT2D eigenvalue weighted by atomic mass is 35.5. The first-order valence-electron chi connectivity index (χ1n) is 8.66. The van der Waals surface area contributed by atoms with Gasteiger partial charge in [0.2, 0.25) is 11.1 Å². The number of benzene rings is 1. The molecule has 10 heteroatoms. The summed E-state index contributed by atoms with van der Waals surface area (Å²) in [6.07, 6.45) is 2.02. The number of thioether (sulfide) groups is 1. The van der Waals surface area contributed by atoms with Crippen molar-refractivity contribution < 1.29 is 4.79 Å². The van der Waals surface area contributed by atoms with Crippen molar-refractivity contribution in [1.29, 1.82) is 0 Å². The van der Waals surface area contributed by atoms with Crippen molar-refractivity contribution in [3.05, 3.63) is 50.6 Å². The largest absolute Gasteiger partial charge is 0.335 e. The number of halogens is 2. The summed E-state index contributed by atoms with van der Waals surface area (Å²) < 4.78 is 1.34. The molecule has 2 aromatic heterocycles. The molecular weight excluding hydrogens is 437 g/mol. The van der Waals surface area contributed by atoms with Crippen LogP contribution in [0.4, 0.5) is 0 Å². The second kappa shape index (κ2) is 8.32. The summed E-state index contributed by atoms with van der Waals surface area (Å²) in [6.45, 7) is 0.778. The van der Waals surface area contributed by atoms with E-state index in [0.717, 1.165) is 19.4 Å². The Morgan fingerprint density at radius 1 is 1.32 bits per heavy atom. The molecule has 6 nitrogen and oxygen atoms in total. The van der Waals surface area contributed by atoms with Gasteiger partial charge >= 0.3 is 0 Å². The predicted octanol–water partition coefficient (Wildman–Crippen LogP) is 4.48. The van der Waals surface area contributed by atoms with Crippen molar-refractivity contribution in [2.75, 3.05) is 18.1 Å². The number of rotatable bonds is 5. The SMILES string of the molecule is Nn1c(SCC(=O)N2CCCC2c2cccs2)nnc1-c1cc(Cl)ccc1Cl. The third-order valence-corrected chi connectivity index (χ3v) is 7.07. The minimum Gasteiger partial charge on any atom is -0.335 e. The normalized spacial score (nSPS) is 16.6. The van der Waals surface area contributed by atoms with Crippen LogP contribution in [0.5, 0.6) is 0 Å². The summed E-state index contributed by atoms with van der Waals surface area (Å²) >= 11 is 15.2. The lowest BCUT2D eigenvalue weighted by atomic mass is 10.2. The highest BCUT2D eigenvalue weighted by Gasteiger charge is 2.30. The van der Waals surface area contributed by atoms with Crippen molar-refractivity contribution in [2.24, 2.45) is 0 Å². The Balaban J connectivity index is 1.46. The van der Waals surface area contributed by atoms with Gasteiger partial charge in [-0.1, -0.05) is 41.0 Å². The van der Waals surface area contributed by atoms with Gasteiger partial charge in [-0.3, -0.25) is 4.79 Å². The average molecular weight is 454 g/mol. The minimum absolute atomic E-state index is 0.0752. The molecule has 1 amide bonds. The average Bonchev–Trinajstić information content (AvgIpc) is 3.42. The molecule has 1 atom stereocenters. The van der Waals surface area contributed by atoms with E-state index in [2.05, 4.69) is 16.3 Å². The van der Waals surface area contributed by atoms with E-state index in [1.807, 2.05) is 16.3 Å². The van der Waals surface area contributed by atoms with Gasteiger partial charge < -0.3 is 10.7 Å². The zero-order chi connectivity index (χ0) is 19.7. The van der Waals surface area contributed by atoms with Crippen LogP contribution < -0.4 is 5.84 Å². The predicted molar refractivity (Wildman–Crippen MR) is 114 cm³/mol. The molecule has 1 unspecified atom stereocenters. The summed E-state index contributed by atoms with van der Waals surface area (Å²) in [6, 6.07) is 9.35. The minimum atomic E-state index is 0.0752. The van der Waals surface area contributed by atoms with E-state index in [-0.39, 0.29) is 17.7 Å². The fourth-order valence-electron chi connectivity index (χ4n) is 3.28. The third kappa shape index (κ3) is 3.87. The monoisotopic (exact) mass is 453 g/mol. The molecule has 146 valence electrons. The first kappa shape index (κ1) is 19.6. The smallest absolute Gasteiger partial charge is 0.233 e. The maximum atomic E-state index is 12.8. The summed E-state index contributed by atoms with van der Waals surface area (Å²) in [5.74, 6) is 6.87. The molecule has 1 aromatic carbocycles. The fourth-order valence-corrected chi connectivity index (χ4v) is 5.27. The number of hydrogen-bond acceptors (Lipinski definition) is 6. The van der Waals surface area contributed by atoms with Crippen molar-refractivity contribution >= 4 is 52.2 Å². The number of amides is 1. The molecule has 1 aliphatic rings. The lowest BCUT2D eigenvalue weighted by Gasteiger charge is -2.23. The van der Waals surface area contributed by atoms with Crippen molar-refractivity contribution in [3.63, 3.8) is 0 Å². The van der Waals surface area contributed by atoms with Gasteiger partial charge in [0.1, 0.15) is 0 Å². The second-order valence-electron chi connectivity index (χ2n) is 6.35. The molecule has 0 aliphatic carbocycles. The van der Waals surface area contributed by atoms with Crippen molar-refractivity contribution in [1.82, 2.24) is 19.8 Å². The number of nitrogens with zero attached hydrogens (tertiary/aromatic N) is 4. The van der Waals surface area contributed by atoms with Gasteiger partial charge in [0.05, 0.1) is 16.8 Å². The van der Waals surface area contributed by atoms with Crippen LogP contribution in [0.25, 0.3) is 11.4 Å². The summed E-state index contributed by atoms with van der Waals surface area (Å²) in [5, 5.41) is 11.7. The van der Waals surface area contributed by atoms with Gasteiger partial charge in [0, 0.05) is 22.0 Å². The first-order chi connectivity index (χ1) is 13.5. The van der Waals surface area contributed by atoms with Crippen LogP contribution in [-0.2, 0) is 4.79 Å². The number of carbonyl (C=O) groups excluding carboxylic acids is 1. The molecule has 1 aliphatic heterocycles. The van der Waals surface area contributed by atoms with E-state index in [1.54, 1.807) is 29.5 Å². The summed E-state index contributed by atoms with van der Waals surface area (Å²) in [4.78, 5) is 16.0. The van der Waals surface area contributed by atoms with Crippen LogP contribution in [0, 0.1) is 0 Å². The third-order valence-electron chi connectivity index (χ3n) is 4.60. The van der Waals surface area contributed by atoms with Gasteiger partial charge in [-0.2, -0.15) is 0 Å². The molecule has 3 heterocycles. The summed E-state index contributed by atoms with van der Waals surface area (Å²) in [7, 11) is 0. The van der Waals surface area contributed by atoms with Gasteiger partial charge in [-0.15, -0.1) is 21.5 Å². The van der Waals surface area contributed by atoms with Crippen molar-refractivity contribution in [2.45, 2.75) is 24.0 Å². The van der Waals surface area contributed by atoms with Gasteiger partial charge in [0.25, 0.3) is 0 Å². The molecule has 0 saturated carbocycles. The van der Waals surface area contributed by atoms with Gasteiger partial charge in [0.15, 0.2) is 5.82 Å². The molecule has 28 heavy (non-hydrogen) atoms. The maximum Gasteiger partial charge on any atom is 0.233 e. The molecule has 2 N–H and O–H groups in total. The number of nitrogen functional groups attached to an aromatic ring is 1. The van der Waals surface area contributed by atoms with Crippen LogP contribution in [-0.4, -0.2) is 38.0 Å². The quantitative estimate of drug-likeness (QED) is 0.454. The molecule has 1 fully saturated rings. The zero-order valence-corrected chi connectivity index (χ0v) is 17.9. The number of aromatic nitrogens is 3. The molecule has 0 radical (unpaired) electrons. The van der Waals surface area contributed by atoms with Crippen molar-refractivity contribution in [3.8, 4) is 11.4 Å². The lowest BCUT2D eigenvalue weighted by Crippen LogP contribution is -2.31. The van der Waals surface area contributed by atoms with Crippen LogP contribution in [0.15, 0.2) is 40.9 Å². The van der Waals surface area contributed by atoms with Gasteiger partial charge in [-0.05, 0) is 42.5 Å². The van der Waals surface area contributed by atoms with E-state index in [0.29, 0.717) is 26.6 Å². The zero-order valence-electron chi connectivity index (χ0n) is 14.7. The maximum absolute atomic E-state index is 12.8. The number of hydrogen-bond donors (Lipinski definition) is 1. The molecule has 0 bridgehead atoms. The van der Waals surface area contributed by atoms with Gasteiger partial charge in [-0.25, -0.2) is 4.68 Å². The molecular formula is C18H17Cl2N5OS2. The van der Waals surface area contributed by atoms with E-state index in [1.165, 1.54) is 21.3 Å². The van der Waals surface area contributed by atoms with E-state index in [9.17, 15) is 4.79 Å². The Morgan fingerprint density at radius 2 is 2.18 bits per heavy atom. The van der Waals surface area contributed by atoms with Crippen LogP contribution in [0.3, 0.4) is 0 Å². The highest BCUT2D eigenvalue weighted by molar-refractivity contribution is 7.99. The molecule has 1 saturated heterocycles. The Hall–Kier alpha value is -1.74. The molecule has 4 rings (SSSR count). The Labute approximate surface area is 180 Å². The summed E-state index contributed by atoms with van der Waals surface area (Å²) in [5.41, 5.74) is 0.597. The van der Waals surface area contributed by atoms with E-state index < -0.39 is 0 Å². The number of thiophene rings is 1. The first-order valence-corrected chi connectivity index (χ1v) is 11.3. The highest BCUT2D eigenvalue weighted by Crippen LogP contribution is 2.35. The fraction of sp³-hybridized carbons (Fsp3) is 0.278. The number of carbonyl (C=O) groups is 1. The Morgan fingerprint density at radius 3 is 2.96 bits per heavy atom. The standard InChI is InChI=1S/C18H17Cl2N5OS2/c19-11-5-6-13(20)12(9-11)17-22-23-18(25(17)21)28-10-16(26)24-7-1-3-14(24)15-4-2-8-27-15/h2,4-6,8-9,14H,1,3,7,10,21H2. The van der Waals surface area contributed by atoms with Crippen LogP contribution >= 0.6 is 46.3 Å². The van der Waals surface area contributed by atoms with E-state index >= 15 is 0 Å². The van der Waals surface area contributed by atoms with Crippen LogP contribution in [0.2, 0.25) is 10.0 Å². The van der Waals surface area contributed by atoms with E-state index in [4.69, 9.17) is 29.0 Å². The Bertz CT molecular complexity index is 992. The number of likely N-dealkylation sites (tertiary alicyclic amines) is 1. The molecule has 0 spiro atoms.